The normalized spacial score (nSPS) is 15.3. The molecule has 26 heavy (non-hydrogen) atoms. The van der Waals surface area contributed by atoms with Crippen LogP contribution in [0.15, 0.2) is 0 Å². The van der Waals surface area contributed by atoms with E-state index >= 15 is 0 Å². The SMILES string of the molecule is CC(N)C(=O)NC(C)C(=O)NC(CC(=O)O)C(=O)NC(C(=O)O)C(C)C. The molecule has 11 heteroatoms. The van der Waals surface area contributed by atoms with E-state index in [9.17, 15) is 24.0 Å². The quantitative estimate of drug-likeness (QED) is 0.254. The molecule has 0 heterocycles. The fourth-order valence-electron chi connectivity index (χ4n) is 1.86. The molecule has 148 valence electrons. The standard InChI is InChI=1S/C15H26N4O7/c1-6(2)11(15(25)26)19-14(24)9(5-10(20)21)18-13(23)8(4)17-12(22)7(3)16/h6-9,11H,5,16H2,1-4H3,(H,17,22)(H,18,23)(H,19,24)(H,20,21)(H,25,26). The highest BCUT2D eigenvalue weighted by Gasteiger charge is 2.31. The second-order valence-corrected chi connectivity index (χ2v) is 6.25. The third-order valence-corrected chi connectivity index (χ3v) is 3.41. The van der Waals surface area contributed by atoms with E-state index in [1.54, 1.807) is 13.8 Å². The van der Waals surface area contributed by atoms with Crippen molar-refractivity contribution >= 4 is 29.7 Å². The second-order valence-electron chi connectivity index (χ2n) is 6.25. The lowest BCUT2D eigenvalue weighted by molar-refractivity contribution is -0.144. The van der Waals surface area contributed by atoms with Crippen LogP contribution in [0.5, 0.6) is 0 Å². The summed E-state index contributed by atoms with van der Waals surface area (Å²) in [5, 5.41) is 24.7. The van der Waals surface area contributed by atoms with Crippen molar-refractivity contribution in [3.05, 3.63) is 0 Å². The molecule has 4 atom stereocenters. The highest BCUT2D eigenvalue weighted by molar-refractivity contribution is 5.95. The predicted molar refractivity (Wildman–Crippen MR) is 89.8 cm³/mol. The number of aliphatic carboxylic acids is 2. The Hall–Kier alpha value is -2.69. The first-order chi connectivity index (χ1) is 11.9. The van der Waals surface area contributed by atoms with Crippen molar-refractivity contribution in [3.63, 3.8) is 0 Å². The lowest BCUT2D eigenvalue weighted by Crippen LogP contribution is -2.57. The van der Waals surface area contributed by atoms with Crippen LogP contribution in [0.4, 0.5) is 0 Å². The third kappa shape index (κ3) is 7.92. The van der Waals surface area contributed by atoms with Crippen LogP contribution in [0.3, 0.4) is 0 Å². The molecular formula is C15H26N4O7. The summed E-state index contributed by atoms with van der Waals surface area (Å²) in [6.07, 6.45) is -0.754. The van der Waals surface area contributed by atoms with Crippen LogP contribution in [0.25, 0.3) is 0 Å². The summed E-state index contributed by atoms with van der Waals surface area (Å²) >= 11 is 0. The van der Waals surface area contributed by atoms with Gasteiger partial charge in [0.25, 0.3) is 0 Å². The molecule has 0 aromatic heterocycles. The Morgan fingerprint density at radius 2 is 1.38 bits per heavy atom. The first-order valence-electron chi connectivity index (χ1n) is 7.98. The van der Waals surface area contributed by atoms with Gasteiger partial charge in [0.15, 0.2) is 0 Å². The van der Waals surface area contributed by atoms with Gasteiger partial charge in [0.1, 0.15) is 18.1 Å². The maximum absolute atomic E-state index is 12.2. The summed E-state index contributed by atoms with van der Waals surface area (Å²) in [6.45, 7) is 5.88. The highest BCUT2D eigenvalue weighted by Crippen LogP contribution is 2.04. The van der Waals surface area contributed by atoms with E-state index in [0.717, 1.165) is 0 Å². The van der Waals surface area contributed by atoms with Crippen molar-refractivity contribution in [1.29, 1.82) is 0 Å². The zero-order chi connectivity index (χ0) is 20.6. The maximum atomic E-state index is 12.2. The van der Waals surface area contributed by atoms with Crippen molar-refractivity contribution in [1.82, 2.24) is 16.0 Å². The number of hydrogen-bond acceptors (Lipinski definition) is 6. The van der Waals surface area contributed by atoms with Crippen LogP contribution >= 0.6 is 0 Å². The molecule has 0 aromatic rings. The molecule has 0 spiro atoms. The van der Waals surface area contributed by atoms with Crippen LogP contribution in [-0.2, 0) is 24.0 Å². The van der Waals surface area contributed by atoms with Crippen molar-refractivity contribution in [2.75, 3.05) is 0 Å². The molecule has 0 radical (unpaired) electrons. The fraction of sp³-hybridized carbons (Fsp3) is 0.667. The van der Waals surface area contributed by atoms with Crippen molar-refractivity contribution in [2.45, 2.75) is 58.3 Å². The monoisotopic (exact) mass is 374 g/mol. The molecule has 0 fully saturated rings. The molecule has 11 nitrogen and oxygen atoms in total. The molecule has 0 bridgehead atoms. The molecule has 0 aliphatic carbocycles. The van der Waals surface area contributed by atoms with Gasteiger partial charge in [-0.1, -0.05) is 13.8 Å². The number of carboxylic acids is 2. The molecular weight excluding hydrogens is 348 g/mol. The Morgan fingerprint density at radius 1 is 0.846 bits per heavy atom. The minimum atomic E-state index is -1.50. The molecule has 0 aromatic carbocycles. The Morgan fingerprint density at radius 3 is 1.77 bits per heavy atom. The van der Waals surface area contributed by atoms with E-state index in [1.165, 1.54) is 13.8 Å². The van der Waals surface area contributed by atoms with Gasteiger partial charge in [-0.15, -0.1) is 0 Å². The average molecular weight is 374 g/mol. The topological polar surface area (TPSA) is 188 Å². The van der Waals surface area contributed by atoms with Gasteiger partial charge in [-0.25, -0.2) is 4.79 Å². The van der Waals surface area contributed by atoms with E-state index < -0.39 is 66.2 Å². The van der Waals surface area contributed by atoms with E-state index in [0.29, 0.717) is 0 Å². The van der Waals surface area contributed by atoms with Gasteiger partial charge in [-0.05, 0) is 19.8 Å². The average Bonchev–Trinajstić information content (AvgIpc) is 2.49. The maximum Gasteiger partial charge on any atom is 0.326 e. The Bertz CT molecular complexity index is 562. The summed E-state index contributed by atoms with van der Waals surface area (Å²) in [4.78, 5) is 57.9. The zero-order valence-corrected chi connectivity index (χ0v) is 15.1. The Balaban J connectivity index is 5.11. The van der Waals surface area contributed by atoms with Crippen LogP contribution < -0.4 is 21.7 Å². The van der Waals surface area contributed by atoms with Crippen molar-refractivity contribution in [3.8, 4) is 0 Å². The van der Waals surface area contributed by atoms with Crippen molar-refractivity contribution < 1.29 is 34.2 Å². The molecule has 0 aliphatic heterocycles. The number of nitrogens with two attached hydrogens (primary N) is 1. The second kappa shape index (κ2) is 10.3. The molecule has 0 aliphatic rings. The zero-order valence-electron chi connectivity index (χ0n) is 15.1. The summed E-state index contributed by atoms with van der Waals surface area (Å²) in [6, 6.07) is -4.68. The number of carbonyl (C=O) groups is 5. The van der Waals surface area contributed by atoms with E-state index in [1.807, 2.05) is 0 Å². The number of amides is 3. The molecule has 0 saturated heterocycles. The summed E-state index contributed by atoms with van der Waals surface area (Å²) in [5.74, 6) is -5.47. The van der Waals surface area contributed by atoms with E-state index in [2.05, 4.69) is 16.0 Å². The number of rotatable bonds is 10. The lowest BCUT2D eigenvalue weighted by Gasteiger charge is -2.24. The van der Waals surface area contributed by atoms with Gasteiger partial charge in [0, 0.05) is 0 Å². The summed E-state index contributed by atoms with van der Waals surface area (Å²) in [7, 11) is 0. The van der Waals surface area contributed by atoms with E-state index in [-0.39, 0.29) is 0 Å². The Kier molecular flexibility index (Phi) is 9.27. The number of carbonyl (C=O) groups excluding carboxylic acids is 3. The number of hydrogen-bond donors (Lipinski definition) is 6. The largest absolute Gasteiger partial charge is 0.481 e. The van der Waals surface area contributed by atoms with Gasteiger partial charge < -0.3 is 31.9 Å². The first-order valence-corrected chi connectivity index (χ1v) is 7.98. The molecule has 0 saturated carbocycles. The van der Waals surface area contributed by atoms with Crippen molar-refractivity contribution in [2.24, 2.45) is 11.7 Å². The highest BCUT2D eigenvalue weighted by atomic mass is 16.4. The third-order valence-electron chi connectivity index (χ3n) is 3.41. The summed E-state index contributed by atoms with van der Waals surface area (Å²) < 4.78 is 0. The van der Waals surface area contributed by atoms with Gasteiger partial charge in [0.2, 0.25) is 17.7 Å². The molecule has 3 amide bonds. The van der Waals surface area contributed by atoms with Crippen LogP contribution in [-0.4, -0.2) is 64.0 Å². The minimum absolute atomic E-state index is 0.457. The van der Waals surface area contributed by atoms with Gasteiger partial charge in [-0.3, -0.25) is 19.2 Å². The van der Waals surface area contributed by atoms with Crippen LogP contribution in [0.2, 0.25) is 0 Å². The summed E-state index contributed by atoms with van der Waals surface area (Å²) in [5.41, 5.74) is 5.37. The number of nitrogens with one attached hydrogen (secondary N) is 3. The smallest absolute Gasteiger partial charge is 0.326 e. The van der Waals surface area contributed by atoms with Crippen LogP contribution in [0, 0.1) is 5.92 Å². The molecule has 0 rings (SSSR count). The Labute approximate surface area is 150 Å². The minimum Gasteiger partial charge on any atom is -0.481 e. The van der Waals surface area contributed by atoms with Gasteiger partial charge in [0.05, 0.1) is 12.5 Å². The predicted octanol–water partition coefficient (Wildman–Crippen LogP) is -1.98. The fourth-order valence-corrected chi connectivity index (χ4v) is 1.86. The lowest BCUT2D eigenvalue weighted by atomic mass is 10.0. The van der Waals surface area contributed by atoms with Gasteiger partial charge >= 0.3 is 11.9 Å². The molecule has 7 N–H and O–H groups in total. The first kappa shape index (κ1) is 23.3. The van der Waals surface area contributed by atoms with Gasteiger partial charge in [-0.2, -0.15) is 0 Å². The van der Waals surface area contributed by atoms with Crippen LogP contribution in [0.1, 0.15) is 34.1 Å². The van der Waals surface area contributed by atoms with E-state index in [4.69, 9.17) is 15.9 Å². The number of carboxylic acid groups (broad SMARTS) is 2. The molecule has 4 unspecified atom stereocenters.